The van der Waals surface area contributed by atoms with Crippen molar-refractivity contribution in [3.63, 3.8) is 0 Å². The zero-order valence-electron chi connectivity index (χ0n) is 6.59. The number of hydrogen-bond donors (Lipinski definition) is 0. The van der Waals surface area contributed by atoms with Gasteiger partial charge < -0.3 is 4.55 Å². The molecule has 0 aromatic heterocycles. The summed E-state index contributed by atoms with van der Waals surface area (Å²) in [4.78, 5) is 12.5. The molecule has 60 valence electrons. The topological polar surface area (TPSA) is 43.4 Å². The lowest BCUT2D eigenvalue weighted by atomic mass is 10.6. The molecule has 0 spiro atoms. The van der Waals surface area contributed by atoms with Crippen LogP contribution in [0.2, 0.25) is 0 Å². The third kappa shape index (κ3) is 2.58. The molecule has 0 rings (SSSR count). The standard InChI is InChI=1S/C6H13NO2S/c1-4-7(5-2)6(8)10(3)9/h4-5H2,1-3H3/t10-/m0/s1. The highest BCUT2D eigenvalue weighted by Gasteiger charge is 2.18. The summed E-state index contributed by atoms with van der Waals surface area (Å²) in [5, 5.41) is -0.273. The molecule has 0 aliphatic rings. The van der Waals surface area contributed by atoms with Crippen LogP contribution < -0.4 is 0 Å². The van der Waals surface area contributed by atoms with Crippen LogP contribution in [-0.4, -0.2) is 34.0 Å². The maximum atomic E-state index is 10.9. The van der Waals surface area contributed by atoms with Crippen molar-refractivity contribution in [2.75, 3.05) is 19.3 Å². The second-order valence-corrected chi connectivity index (χ2v) is 3.15. The van der Waals surface area contributed by atoms with Gasteiger partial charge in [0.1, 0.15) is 6.26 Å². The molecule has 0 aromatic rings. The third-order valence-electron chi connectivity index (χ3n) is 1.27. The summed E-state index contributed by atoms with van der Waals surface area (Å²) in [6.07, 6.45) is 1.40. The van der Waals surface area contributed by atoms with Gasteiger partial charge >= 0.3 is 5.24 Å². The van der Waals surface area contributed by atoms with E-state index < -0.39 is 11.2 Å². The van der Waals surface area contributed by atoms with Crippen LogP contribution in [0.25, 0.3) is 0 Å². The Morgan fingerprint density at radius 3 is 2.00 bits per heavy atom. The molecule has 4 heteroatoms. The van der Waals surface area contributed by atoms with Crippen LogP contribution in [0.15, 0.2) is 0 Å². The highest BCUT2D eigenvalue weighted by atomic mass is 32.2. The van der Waals surface area contributed by atoms with Gasteiger partial charge in [-0.1, -0.05) is 0 Å². The van der Waals surface area contributed by atoms with E-state index in [0.717, 1.165) is 0 Å². The third-order valence-corrected chi connectivity index (χ3v) is 2.02. The van der Waals surface area contributed by atoms with Gasteiger partial charge in [0, 0.05) is 24.3 Å². The number of rotatable bonds is 2. The summed E-state index contributed by atoms with van der Waals surface area (Å²) in [5.74, 6) is 0. The smallest absolute Gasteiger partial charge is 0.429 e. The first-order valence-electron chi connectivity index (χ1n) is 3.25. The monoisotopic (exact) mass is 163 g/mol. The Bertz CT molecular complexity index is 112. The fourth-order valence-corrected chi connectivity index (χ4v) is 1.29. The van der Waals surface area contributed by atoms with Gasteiger partial charge in [-0.25, -0.2) is 4.79 Å². The molecule has 0 aromatic carbocycles. The largest absolute Gasteiger partial charge is 0.608 e. The van der Waals surface area contributed by atoms with E-state index in [2.05, 4.69) is 0 Å². The van der Waals surface area contributed by atoms with Crippen molar-refractivity contribution in [2.45, 2.75) is 13.8 Å². The lowest BCUT2D eigenvalue weighted by Crippen LogP contribution is -2.34. The summed E-state index contributed by atoms with van der Waals surface area (Å²) in [6, 6.07) is 0. The molecule has 3 nitrogen and oxygen atoms in total. The molecule has 0 fully saturated rings. The molecule has 0 aliphatic carbocycles. The molecular weight excluding hydrogens is 150 g/mol. The number of nitrogens with zero attached hydrogens (tertiary/aromatic N) is 1. The SMILES string of the molecule is CCN(CC)C(=O)[S@+](C)[O-]. The molecule has 0 N–H and O–H groups in total. The predicted octanol–water partition coefficient (Wildman–Crippen LogP) is 0.827. The fraction of sp³-hybridized carbons (Fsp3) is 0.833. The highest BCUT2D eigenvalue weighted by Crippen LogP contribution is 1.97. The molecule has 0 aliphatic heterocycles. The zero-order chi connectivity index (χ0) is 8.15. The van der Waals surface area contributed by atoms with Crippen LogP contribution in [-0.2, 0) is 11.2 Å². The van der Waals surface area contributed by atoms with E-state index in [1.54, 1.807) is 4.90 Å². The summed E-state index contributed by atoms with van der Waals surface area (Å²) in [6.45, 7) is 5.01. The van der Waals surface area contributed by atoms with Crippen molar-refractivity contribution in [3.05, 3.63) is 0 Å². The van der Waals surface area contributed by atoms with Crippen molar-refractivity contribution in [2.24, 2.45) is 0 Å². The average molecular weight is 163 g/mol. The van der Waals surface area contributed by atoms with Crippen LogP contribution >= 0.6 is 0 Å². The first kappa shape index (κ1) is 9.78. The Balaban J connectivity index is 3.89. The van der Waals surface area contributed by atoms with E-state index >= 15 is 0 Å². The first-order valence-corrected chi connectivity index (χ1v) is 4.81. The number of carbonyl (C=O) groups excluding carboxylic acids is 1. The maximum Gasteiger partial charge on any atom is 0.429 e. The molecule has 0 saturated carbocycles. The lowest BCUT2D eigenvalue weighted by Gasteiger charge is -2.16. The van der Waals surface area contributed by atoms with E-state index in [4.69, 9.17) is 0 Å². The van der Waals surface area contributed by atoms with Crippen molar-refractivity contribution < 1.29 is 9.35 Å². The zero-order valence-corrected chi connectivity index (χ0v) is 7.40. The summed E-state index contributed by atoms with van der Waals surface area (Å²) < 4.78 is 10.6. The number of hydrogen-bond acceptors (Lipinski definition) is 2. The predicted molar refractivity (Wildman–Crippen MR) is 42.4 cm³/mol. The van der Waals surface area contributed by atoms with Gasteiger partial charge in [-0.3, -0.25) is 4.90 Å². The number of carbonyl (C=O) groups is 1. The minimum atomic E-state index is -1.35. The van der Waals surface area contributed by atoms with Crippen molar-refractivity contribution in [3.8, 4) is 0 Å². The second-order valence-electron chi connectivity index (χ2n) is 1.89. The van der Waals surface area contributed by atoms with Crippen LogP contribution in [0.1, 0.15) is 13.8 Å². The van der Waals surface area contributed by atoms with Gasteiger partial charge in [-0.2, -0.15) is 0 Å². The normalized spacial score (nSPS) is 12.8. The van der Waals surface area contributed by atoms with E-state index in [0.29, 0.717) is 13.1 Å². The van der Waals surface area contributed by atoms with E-state index in [1.165, 1.54) is 6.26 Å². The lowest BCUT2D eigenvalue weighted by molar-refractivity contribution is 0.226. The molecule has 0 unspecified atom stereocenters. The first-order chi connectivity index (χ1) is 4.63. The quantitative estimate of drug-likeness (QED) is 0.566. The van der Waals surface area contributed by atoms with Crippen LogP contribution in [0.4, 0.5) is 4.79 Å². The van der Waals surface area contributed by atoms with Gasteiger partial charge in [0.15, 0.2) is 0 Å². The Morgan fingerprint density at radius 1 is 1.50 bits per heavy atom. The Kier molecular flexibility index (Phi) is 4.47. The van der Waals surface area contributed by atoms with E-state index in [9.17, 15) is 9.35 Å². The molecule has 0 saturated heterocycles. The second kappa shape index (κ2) is 4.57. The van der Waals surface area contributed by atoms with Crippen molar-refractivity contribution in [1.82, 2.24) is 4.90 Å². The van der Waals surface area contributed by atoms with E-state index in [-0.39, 0.29) is 5.24 Å². The molecule has 0 bridgehead atoms. The summed E-state index contributed by atoms with van der Waals surface area (Å²) in [7, 11) is 0. The molecule has 0 heterocycles. The average Bonchev–Trinajstić information content (AvgIpc) is 1.90. The van der Waals surface area contributed by atoms with Gasteiger partial charge in [0.25, 0.3) is 0 Å². The molecular formula is C6H13NO2S. The van der Waals surface area contributed by atoms with Gasteiger partial charge in [-0.05, 0) is 13.8 Å². The molecule has 1 amide bonds. The Labute approximate surface area is 64.6 Å². The molecule has 10 heavy (non-hydrogen) atoms. The fourth-order valence-electron chi connectivity index (χ4n) is 0.664. The highest BCUT2D eigenvalue weighted by molar-refractivity contribution is 8.05. The Hall–Kier alpha value is -0.220. The molecule has 1 atom stereocenters. The van der Waals surface area contributed by atoms with Crippen molar-refractivity contribution in [1.29, 1.82) is 0 Å². The number of amides is 1. The van der Waals surface area contributed by atoms with E-state index in [1.807, 2.05) is 13.8 Å². The Morgan fingerprint density at radius 2 is 1.90 bits per heavy atom. The van der Waals surface area contributed by atoms with Crippen LogP contribution in [0, 0.1) is 0 Å². The van der Waals surface area contributed by atoms with Gasteiger partial charge in [0.05, 0.1) is 0 Å². The summed E-state index contributed by atoms with van der Waals surface area (Å²) in [5.41, 5.74) is 0. The van der Waals surface area contributed by atoms with Crippen LogP contribution in [0.3, 0.4) is 0 Å². The molecule has 0 radical (unpaired) electrons. The van der Waals surface area contributed by atoms with Gasteiger partial charge in [-0.15, -0.1) is 0 Å². The van der Waals surface area contributed by atoms with Crippen LogP contribution in [0.5, 0.6) is 0 Å². The summed E-state index contributed by atoms with van der Waals surface area (Å²) >= 11 is -1.35. The minimum absolute atomic E-state index is 0.273. The van der Waals surface area contributed by atoms with Crippen molar-refractivity contribution >= 4 is 16.4 Å². The minimum Gasteiger partial charge on any atom is -0.608 e. The van der Waals surface area contributed by atoms with Gasteiger partial charge in [0.2, 0.25) is 0 Å². The maximum absolute atomic E-state index is 10.9.